The lowest BCUT2D eigenvalue weighted by Crippen LogP contribution is -2.20. The second-order valence-corrected chi connectivity index (χ2v) is 6.26. The molecule has 0 saturated heterocycles. The van der Waals surface area contributed by atoms with E-state index < -0.39 is 0 Å². The lowest BCUT2D eigenvalue weighted by atomic mass is 10.1. The van der Waals surface area contributed by atoms with Crippen molar-refractivity contribution in [1.29, 1.82) is 0 Å². The number of fused-ring (bicyclic) bond motifs is 1. The number of thioether (sulfide) groups is 1. The monoisotopic (exact) mass is 302 g/mol. The van der Waals surface area contributed by atoms with Gasteiger partial charge in [0.25, 0.3) is 0 Å². The zero-order valence-electron chi connectivity index (χ0n) is 12.0. The number of ether oxygens (including phenoxy) is 1. The van der Waals surface area contributed by atoms with Crippen LogP contribution in [0.5, 0.6) is 5.75 Å². The number of hydrogen-bond acceptors (Lipinski definition) is 6. The second kappa shape index (κ2) is 5.91. The van der Waals surface area contributed by atoms with E-state index in [9.17, 15) is 0 Å². The van der Waals surface area contributed by atoms with Crippen LogP contribution in [0.4, 0.5) is 5.82 Å². The van der Waals surface area contributed by atoms with Crippen LogP contribution in [0.25, 0.3) is 0 Å². The van der Waals surface area contributed by atoms with Gasteiger partial charge < -0.3 is 10.2 Å². The molecule has 1 aromatic heterocycles. The van der Waals surface area contributed by atoms with Crippen molar-refractivity contribution in [2.75, 3.05) is 11.2 Å². The maximum absolute atomic E-state index is 6.04. The summed E-state index contributed by atoms with van der Waals surface area (Å²) in [6.45, 7) is 4.19. The number of benzene rings is 1. The van der Waals surface area contributed by atoms with E-state index in [1.165, 1.54) is 0 Å². The Kier molecular flexibility index (Phi) is 3.98. The van der Waals surface area contributed by atoms with Crippen molar-refractivity contribution in [3.8, 4) is 5.75 Å². The van der Waals surface area contributed by atoms with Gasteiger partial charge in [0, 0.05) is 22.4 Å². The molecule has 0 amide bonds. The number of nitrogens with one attached hydrogen (secondary N) is 1. The fraction of sp³-hybridized carbons (Fsp3) is 0.333. The van der Waals surface area contributed by atoms with Gasteiger partial charge in [-0.05, 0) is 18.1 Å². The third-order valence-corrected chi connectivity index (χ3v) is 4.42. The van der Waals surface area contributed by atoms with E-state index in [0.29, 0.717) is 17.6 Å². The highest BCUT2D eigenvalue weighted by atomic mass is 32.2. The smallest absolute Gasteiger partial charge is 0.172 e. The molecule has 1 atom stereocenters. The van der Waals surface area contributed by atoms with Gasteiger partial charge in [-0.15, -0.1) is 11.8 Å². The summed E-state index contributed by atoms with van der Waals surface area (Å²) in [7, 11) is 0. The summed E-state index contributed by atoms with van der Waals surface area (Å²) in [5.74, 6) is 8.80. The summed E-state index contributed by atoms with van der Waals surface area (Å²) in [6, 6.07) is 9.90. The number of aromatic nitrogens is 2. The van der Waals surface area contributed by atoms with Crippen LogP contribution in [0.1, 0.15) is 37.4 Å². The van der Waals surface area contributed by atoms with E-state index in [1.807, 2.05) is 24.3 Å². The lowest BCUT2D eigenvalue weighted by molar-refractivity contribution is 0.210. The van der Waals surface area contributed by atoms with Crippen LogP contribution in [0.15, 0.2) is 35.2 Å². The summed E-state index contributed by atoms with van der Waals surface area (Å²) < 4.78 is 6.04. The molecule has 0 saturated carbocycles. The molecule has 2 heterocycles. The van der Waals surface area contributed by atoms with E-state index >= 15 is 0 Å². The molecule has 1 unspecified atom stereocenters. The highest BCUT2D eigenvalue weighted by molar-refractivity contribution is 7.99. The van der Waals surface area contributed by atoms with E-state index in [2.05, 4.69) is 35.3 Å². The fourth-order valence-electron chi connectivity index (χ4n) is 2.15. The topological polar surface area (TPSA) is 73.1 Å². The summed E-state index contributed by atoms with van der Waals surface area (Å²) in [4.78, 5) is 10.2. The van der Waals surface area contributed by atoms with Gasteiger partial charge in [-0.2, -0.15) is 0 Å². The van der Waals surface area contributed by atoms with Crippen molar-refractivity contribution in [2.45, 2.75) is 30.8 Å². The molecule has 1 aliphatic rings. The van der Waals surface area contributed by atoms with Crippen molar-refractivity contribution in [1.82, 2.24) is 9.97 Å². The van der Waals surface area contributed by atoms with Crippen LogP contribution >= 0.6 is 11.8 Å². The van der Waals surface area contributed by atoms with Crippen molar-refractivity contribution in [2.24, 2.45) is 5.84 Å². The molecule has 1 aromatic carbocycles. The van der Waals surface area contributed by atoms with E-state index in [-0.39, 0.29) is 6.10 Å². The Labute approximate surface area is 128 Å². The fourth-order valence-corrected chi connectivity index (χ4v) is 3.13. The number of anilines is 1. The summed E-state index contributed by atoms with van der Waals surface area (Å²) >= 11 is 1.76. The molecular weight excluding hydrogens is 284 g/mol. The number of hydrazine groups is 1. The number of nitrogens with zero attached hydrogens (tertiary/aromatic N) is 2. The molecule has 3 N–H and O–H groups in total. The minimum atomic E-state index is -0.157. The molecule has 2 aromatic rings. The Morgan fingerprint density at radius 3 is 2.90 bits per heavy atom. The highest BCUT2D eigenvalue weighted by Crippen LogP contribution is 2.39. The Morgan fingerprint density at radius 2 is 2.14 bits per heavy atom. The first-order valence-corrected chi connectivity index (χ1v) is 7.90. The quantitative estimate of drug-likeness (QED) is 0.670. The van der Waals surface area contributed by atoms with Gasteiger partial charge in [-0.3, -0.25) is 0 Å². The minimum absolute atomic E-state index is 0.157. The largest absolute Gasteiger partial charge is 0.480 e. The van der Waals surface area contributed by atoms with Crippen LogP contribution in [0, 0.1) is 0 Å². The zero-order valence-corrected chi connectivity index (χ0v) is 12.9. The first kappa shape index (κ1) is 14.2. The van der Waals surface area contributed by atoms with Gasteiger partial charge in [0.1, 0.15) is 11.6 Å². The maximum Gasteiger partial charge on any atom is 0.172 e. The van der Waals surface area contributed by atoms with Gasteiger partial charge in [-0.25, -0.2) is 15.8 Å². The first-order valence-electron chi connectivity index (χ1n) is 6.91. The molecule has 0 spiro atoms. The van der Waals surface area contributed by atoms with Gasteiger partial charge in [-0.1, -0.05) is 26.0 Å². The summed E-state index contributed by atoms with van der Waals surface area (Å²) in [5, 5.41) is 0. The van der Waals surface area contributed by atoms with Crippen molar-refractivity contribution < 1.29 is 4.74 Å². The molecule has 6 heteroatoms. The average Bonchev–Trinajstić information content (AvgIpc) is 2.53. The number of nitrogen functional groups attached to an aromatic ring is 1. The molecule has 110 valence electrons. The number of rotatable bonds is 3. The molecule has 0 aliphatic carbocycles. The Bertz CT molecular complexity index is 647. The standard InChI is InChI=1S/C15H18N4OS/c1-9(2)10-7-14(19-16)18-15(17-10)12-8-21-13-6-4-3-5-11(13)20-12/h3-7,9,12H,8,16H2,1-2H3,(H,17,18,19). The number of para-hydroxylation sites is 1. The van der Waals surface area contributed by atoms with Crippen LogP contribution in [-0.2, 0) is 0 Å². The van der Waals surface area contributed by atoms with E-state index in [0.717, 1.165) is 22.1 Å². The minimum Gasteiger partial charge on any atom is -0.480 e. The van der Waals surface area contributed by atoms with Gasteiger partial charge in [0.15, 0.2) is 11.9 Å². The van der Waals surface area contributed by atoms with Gasteiger partial charge >= 0.3 is 0 Å². The predicted molar refractivity (Wildman–Crippen MR) is 84.5 cm³/mol. The van der Waals surface area contributed by atoms with Crippen molar-refractivity contribution in [3.05, 3.63) is 41.9 Å². The predicted octanol–water partition coefficient (Wildman–Crippen LogP) is 3.11. The molecule has 0 radical (unpaired) electrons. The highest BCUT2D eigenvalue weighted by Gasteiger charge is 2.25. The SMILES string of the molecule is CC(C)c1cc(NN)nc(C2CSc3ccccc3O2)n1. The van der Waals surface area contributed by atoms with E-state index in [1.54, 1.807) is 11.8 Å². The molecule has 5 nitrogen and oxygen atoms in total. The Morgan fingerprint density at radius 1 is 1.33 bits per heavy atom. The first-order chi connectivity index (χ1) is 10.2. The maximum atomic E-state index is 6.04. The van der Waals surface area contributed by atoms with Gasteiger partial charge in [0.05, 0.1) is 0 Å². The van der Waals surface area contributed by atoms with Crippen molar-refractivity contribution in [3.63, 3.8) is 0 Å². The second-order valence-electron chi connectivity index (χ2n) is 5.20. The third-order valence-electron chi connectivity index (χ3n) is 3.30. The van der Waals surface area contributed by atoms with Crippen LogP contribution in [0.2, 0.25) is 0 Å². The van der Waals surface area contributed by atoms with Crippen LogP contribution in [0.3, 0.4) is 0 Å². The zero-order chi connectivity index (χ0) is 14.8. The molecule has 3 rings (SSSR count). The summed E-state index contributed by atoms with van der Waals surface area (Å²) in [5.41, 5.74) is 3.57. The molecule has 0 fully saturated rings. The van der Waals surface area contributed by atoms with Crippen molar-refractivity contribution >= 4 is 17.6 Å². The Hall–Kier alpha value is -1.79. The van der Waals surface area contributed by atoms with E-state index in [4.69, 9.17) is 10.6 Å². The number of nitrogens with two attached hydrogens (primary N) is 1. The molecule has 1 aliphatic heterocycles. The molecule has 21 heavy (non-hydrogen) atoms. The summed E-state index contributed by atoms with van der Waals surface area (Å²) in [6.07, 6.45) is -0.157. The Balaban J connectivity index is 1.92. The lowest BCUT2D eigenvalue weighted by Gasteiger charge is -2.25. The molecular formula is C15H18N4OS. The van der Waals surface area contributed by atoms with Crippen LogP contribution < -0.4 is 16.0 Å². The average molecular weight is 302 g/mol. The van der Waals surface area contributed by atoms with Gasteiger partial charge in [0.2, 0.25) is 0 Å². The normalized spacial score (nSPS) is 17.2. The number of hydrogen-bond donors (Lipinski definition) is 2. The molecule has 0 bridgehead atoms. The third kappa shape index (κ3) is 2.96. The van der Waals surface area contributed by atoms with Crippen LogP contribution in [-0.4, -0.2) is 15.7 Å².